The third-order valence-corrected chi connectivity index (χ3v) is 6.35. The number of ether oxygens (including phenoxy) is 1. The molecule has 7 heteroatoms. The van der Waals surface area contributed by atoms with Crippen LogP contribution < -0.4 is 10.1 Å². The van der Waals surface area contributed by atoms with Crippen molar-refractivity contribution in [1.82, 2.24) is 4.90 Å². The lowest BCUT2D eigenvalue weighted by Gasteiger charge is -2.26. The maximum atomic E-state index is 11.5. The highest BCUT2D eigenvalue weighted by atomic mass is 32.2. The lowest BCUT2D eigenvalue weighted by Crippen LogP contribution is -2.39. The number of nitrogens with one attached hydrogen (secondary N) is 1. The van der Waals surface area contributed by atoms with Crippen LogP contribution in [0.1, 0.15) is 5.56 Å². The number of carbonyl (C=O) groups is 1. The van der Waals surface area contributed by atoms with Crippen molar-refractivity contribution in [2.75, 3.05) is 36.5 Å². The van der Waals surface area contributed by atoms with Crippen LogP contribution in [0.4, 0.5) is 5.69 Å². The Labute approximate surface area is 152 Å². The van der Waals surface area contributed by atoms with E-state index in [2.05, 4.69) is 22.3 Å². The van der Waals surface area contributed by atoms with Gasteiger partial charge in [0.2, 0.25) is 0 Å². The SMILES string of the molecule is O=C1COc2c(cccc2-c2ccc(CN3CCS(=O)(=O)CC3)cc2)N1. The first-order chi connectivity index (χ1) is 12.5. The molecule has 0 unspecified atom stereocenters. The number of sulfone groups is 1. The van der Waals surface area contributed by atoms with Crippen molar-refractivity contribution in [3.05, 3.63) is 48.0 Å². The Balaban J connectivity index is 1.50. The van der Waals surface area contributed by atoms with Gasteiger partial charge in [-0.2, -0.15) is 0 Å². The van der Waals surface area contributed by atoms with Gasteiger partial charge in [0.05, 0.1) is 17.2 Å². The summed E-state index contributed by atoms with van der Waals surface area (Å²) in [6, 6.07) is 13.9. The zero-order chi connectivity index (χ0) is 18.1. The molecule has 0 aromatic heterocycles. The predicted molar refractivity (Wildman–Crippen MR) is 99.9 cm³/mol. The molecule has 0 aliphatic carbocycles. The molecule has 4 rings (SSSR count). The van der Waals surface area contributed by atoms with Crippen molar-refractivity contribution in [2.45, 2.75) is 6.54 Å². The number of benzene rings is 2. The van der Waals surface area contributed by atoms with Gasteiger partial charge in [-0.3, -0.25) is 9.69 Å². The fourth-order valence-corrected chi connectivity index (χ4v) is 4.58. The largest absolute Gasteiger partial charge is 0.481 e. The van der Waals surface area contributed by atoms with E-state index in [1.54, 1.807) is 0 Å². The van der Waals surface area contributed by atoms with Gasteiger partial charge in [-0.15, -0.1) is 0 Å². The van der Waals surface area contributed by atoms with Crippen molar-refractivity contribution in [1.29, 1.82) is 0 Å². The average Bonchev–Trinajstić information content (AvgIpc) is 2.63. The molecule has 0 atom stereocenters. The second-order valence-corrected chi connectivity index (χ2v) is 8.95. The van der Waals surface area contributed by atoms with E-state index in [4.69, 9.17) is 4.74 Å². The number of amides is 1. The van der Waals surface area contributed by atoms with E-state index in [1.807, 2.05) is 30.3 Å². The molecule has 0 radical (unpaired) electrons. The molecule has 2 aromatic rings. The van der Waals surface area contributed by atoms with Gasteiger partial charge in [0.25, 0.3) is 5.91 Å². The summed E-state index contributed by atoms with van der Waals surface area (Å²) >= 11 is 0. The number of hydrogen-bond acceptors (Lipinski definition) is 5. The highest BCUT2D eigenvalue weighted by Crippen LogP contribution is 2.38. The summed E-state index contributed by atoms with van der Waals surface area (Å²) in [5.74, 6) is 1.03. The van der Waals surface area contributed by atoms with E-state index in [-0.39, 0.29) is 24.0 Å². The van der Waals surface area contributed by atoms with E-state index in [9.17, 15) is 13.2 Å². The second kappa shape index (κ2) is 6.74. The monoisotopic (exact) mass is 372 g/mol. The summed E-state index contributed by atoms with van der Waals surface area (Å²) in [7, 11) is -2.85. The topological polar surface area (TPSA) is 75.7 Å². The first-order valence-electron chi connectivity index (χ1n) is 8.58. The summed E-state index contributed by atoms with van der Waals surface area (Å²) < 4.78 is 28.7. The molecule has 1 saturated heterocycles. The van der Waals surface area contributed by atoms with Crippen LogP contribution in [0.15, 0.2) is 42.5 Å². The third kappa shape index (κ3) is 3.59. The number of nitrogens with zero attached hydrogens (tertiary/aromatic N) is 1. The van der Waals surface area contributed by atoms with Crippen molar-refractivity contribution >= 4 is 21.4 Å². The Morgan fingerprint density at radius 3 is 2.50 bits per heavy atom. The van der Waals surface area contributed by atoms with Crippen LogP contribution in [-0.4, -0.2) is 50.4 Å². The standard InChI is InChI=1S/C19H20N2O4S/c22-18-13-25-19-16(2-1-3-17(19)20-18)15-6-4-14(5-7-15)12-21-8-10-26(23,24)11-9-21/h1-7H,8-13H2,(H,20,22). The number of carbonyl (C=O) groups excluding carboxylic acids is 1. The Morgan fingerprint density at radius 1 is 1.04 bits per heavy atom. The summed E-state index contributed by atoms with van der Waals surface area (Å²) in [5.41, 5.74) is 3.80. The Kier molecular flexibility index (Phi) is 4.42. The fraction of sp³-hybridized carbons (Fsp3) is 0.316. The predicted octanol–water partition coefficient (Wildman–Crippen LogP) is 1.91. The van der Waals surface area contributed by atoms with Crippen LogP contribution in [0.25, 0.3) is 11.1 Å². The molecular weight excluding hydrogens is 352 g/mol. The van der Waals surface area contributed by atoms with Crippen molar-refractivity contribution in [3.8, 4) is 16.9 Å². The van der Waals surface area contributed by atoms with Crippen LogP contribution in [0.3, 0.4) is 0 Å². The molecule has 0 bridgehead atoms. The number of para-hydroxylation sites is 1. The van der Waals surface area contributed by atoms with Crippen LogP contribution >= 0.6 is 0 Å². The molecule has 2 aromatic carbocycles. The molecule has 0 saturated carbocycles. The highest BCUT2D eigenvalue weighted by Gasteiger charge is 2.22. The number of hydrogen-bond donors (Lipinski definition) is 1. The molecule has 2 heterocycles. The van der Waals surface area contributed by atoms with Crippen molar-refractivity contribution in [3.63, 3.8) is 0 Å². The van der Waals surface area contributed by atoms with Crippen molar-refractivity contribution < 1.29 is 17.9 Å². The fourth-order valence-electron chi connectivity index (χ4n) is 3.30. The minimum absolute atomic E-state index is 0.0277. The molecule has 1 N–H and O–H groups in total. The maximum Gasteiger partial charge on any atom is 0.262 e. The minimum Gasteiger partial charge on any atom is -0.481 e. The molecule has 26 heavy (non-hydrogen) atoms. The number of anilines is 1. The van der Waals surface area contributed by atoms with Crippen LogP contribution in [0.5, 0.6) is 5.75 Å². The van der Waals surface area contributed by atoms with Gasteiger partial charge in [-0.1, -0.05) is 36.4 Å². The molecule has 136 valence electrons. The van der Waals surface area contributed by atoms with Gasteiger partial charge in [0, 0.05) is 25.2 Å². The zero-order valence-corrected chi connectivity index (χ0v) is 15.1. The van der Waals surface area contributed by atoms with E-state index in [1.165, 1.54) is 0 Å². The Bertz CT molecular complexity index is 925. The van der Waals surface area contributed by atoms with E-state index >= 15 is 0 Å². The second-order valence-electron chi connectivity index (χ2n) is 6.64. The third-order valence-electron chi connectivity index (χ3n) is 4.74. The van der Waals surface area contributed by atoms with Crippen LogP contribution in [-0.2, 0) is 21.2 Å². The lowest BCUT2D eigenvalue weighted by molar-refractivity contribution is -0.118. The minimum atomic E-state index is -2.85. The number of rotatable bonds is 3. The van der Waals surface area contributed by atoms with Gasteiger partial charge < -0.3 is 10.1 Å². The molecule has 6 nitrogen and oxygen atoms in total. The van der Waals surface area contributed by atoms with Gasteiger partial charge in [0.1, 0.15) is 0 Å². The molecule has 2 aliphatic heterocycles. The van der Waals surface area contributed by atoms with Crippen molar-refractivity contribution in [2.24, 2.45) is 0 Å². The first kappa shape index (κ1) is 17.1. The van der Waals surface area contributed by atoms with Gasteiger partial charge in [0.15, 0.2) is 22.2 Å². The smallest absolute Gasteiger partial charge is 0.262 e. The van der Waals surface area contributed by atoms with Gasteiger partial charge >= 0.3 is 0 Å². The lowest BCUT2D eigenvalue weighted by atomic mass is 10.0. The normalized spacial score (nSPS) is 19.3. The summed E-state index contributed by atoms with van der Waals surface area (Å²) in [6.07, 6.45) is 0. The molecule has 0 spiro atoms. The Morgan fingerprint density at radius 2 is 1.77 bits per heavy atom. The van der Waals surface area contributed by atoms with E-state index in [0.29, 0.717) is 24.5 Å². The zero-order valence-electron chi connectivity index (χ0n) is 14.3. The summed E-state index contributed by atoms with van der Waals surface area (Å²) in [5, 5.41) is 2.82. The molecule has 1 fully saturated rings. The first-order valence-corrected chi connectivity index (χ1v) is 10.4. The average molecular weight is 372 g/mol. The maximum absolute atomic E-state index is 11.5. The van der Waals surface area contributed by atoms with Crippen LogP contribution in [0, 0.1) is 0 Å². The summed E-state index contributed by atoms with van der Waals surface area (Å²) in [6.45, 7) is 1.95. The van der Waals surface area contributed by atoms with E-state index in [0.717, 1.165) is 23.2 Å². The quantitative estimate of drug-likeness (QED) is 0.891. The number of fused-ring (bicyclic) bond motifs is 1. The summed E-state index contributed by atoms with van der Waals surface area (Å²) in [4.78, 5) is 13.6. The molecular formula is C19H20N2O4S. The Hall–Kier alpha value is -2.38. The van der Waals surface area contributed by atoms with E-state index < -0.39 is 9.84 Å². The molecule has 2 aliphatic rings. The molecule has 1 amide bonds. The van der Waals surface area contributed by atoms with Gasteiger partial charge in [-0.05, 0) is 17.2 Å². The van der Waals surface area contributed by atoms with Crippen LogP contribution in [0.2, 0.25) is 0 Å². The van der Waals surface area contributed by atoms with Gasteiger partial charge in [-0.25, -0.2) is 8.42 Å². The highest BCUT2D eigenvalue weighted by molar-refractivity contribution is 7.91.